The van der Waals surface area contributed by atoms with E-state index in [1.54, 1.807) is 0 Å². The second kappa shape index (κ2) is 5.61. The van der Waals surface area contributed by atoms with Gasteiger partial charge in [-0.3, -0.25) is 14.7 Å². The number of aromatic amines is 1. The van der Waals surface area contributed by atoms with Gasteiger partial charge in [0.25, 0.3) is 5.91 Å². The van der Waals surface area contributed by atoms with Gasteiger partial charge in [0.1, 0.15) is 5.82 Å². The number of nitrogens with zero attached hydrogens (tertiary/aromatic N) is 2. The third-order valence-electron chi connectivity index (χ3n) is 2.24. The van der Waals surface area contributed by atoms with Crippen molar-refractivity contribution in [1.82, 2.24) is 20.5 Å². The molecule has 0 atom stereocenters. The van der Waals surface area contributed by atoms with Crippen molar-refractivity contribution in [3.8, 4) is 0 Å². The topological polar surface area (TPSA) is 97.0 Å². The number of nitrogens with one attached hydrogen (secondary N) is 2. The number of H-pyrrole nitrogens is 1. The first-order chi connectivity index (χ1) is 8.34. The van der Waals surface area contributed by atoms with Gasteiger partial charge in [-0.15, -0.1) is 5.10 Å². The number of carbonyl (C=O) groups excluding carboxylic acids is 2. The Balaban J connectivity index is 2.52. The molecule has 0 fully saturated rings. The molecule has 7 heteroatoms. The van der Waals surface area contributed by atoms with Gasteiger partial charge in [-0.05, 0) is 0 Å². The highest BCUT2D eigenvalue weighted by Gasteiger charge is 2.21. The van der Waals surface area contributed by atoms with Crippen molar-refractivity contribution < 1.29 is 14.3 Å². The quantitative estimate of drug-likeness (QED) is 0.758. The predicted octanol–water partition coefficient (Wildman–Crippen LogP) is 0.395. The van der Waals surface area contributed by atoms with Crippen LogP contribution in [0.15, 0.2) is 0 Å². The van der Waals surface area contributed by atoms with Crippen molar-refractivity contribution in [2.24, 2.45) is 0 Å². The van der Waals surface area contributed by atoms with Gasteiger partial charge in [-0.25, -0.2) is 4.98 Å². The van der Waals surface area contributed by atoms with Crippen LogP contribution in [0.5, 0.6) is 0 Å². The minimum Gasteiger partial charge on any atom is -0.469 e. The monoisotopic (exact) mass is 254 g/mol. The zero-order valence-corrected chi connectivity index (χ0v) is 11.0. The molecule has 2 N–H and O–H groups in total. The first kappa shape index (κ1) is 14.1. The van der Waals surface area contributed by atoms with Crippen molar-refractivity contribution in [2.75, 3.05) is 13.7 Å². The fourth-order valence-corrected chi connectivity index (χ4v) is 1.16. The van der Waals surface area contributed by atoms with Gasteiger partial charge in [0.15, 0.2) is 0 Å². The highest BCUT2D eigenvalue weighted by Crippen LogP contribution is 2.17. The molecule has 7 nitrogen and oxygen atoms in total. The van der Waals surface area contributed by atoms with Crippen LogP contribution in [0.1, 0.15) is 43.6 Å². The molecule has 0 bridgehead atoms. The number of esters is 1. The van der Waals surface area contributed by atoms with Crippen LogP contribution in [0.4, 0.5) is 0 Å². The molecule has 0 unspecified atom stereocenters. The maximum atomic E-state index is 11.6. The average molecular weight is 254 g/mol. The van der Waals surface area contributed by atoms with E-state index in [1.165, 1.54) is 7.11 Å². The second-order valence-corrected chi connectivity index (χ2v) is 4.84. The Morgan fingerprint density at radius 2 is 2.06 bits per heavy atom. The number of amides is 1. The molecule has 0 spiro atoms. The van der Waals surface area contributed by atoms with Crippen LogP contribution >= 0.6 is 0 Å². The third kappa shape index (κ3) is 3.83. The first-order valence-electron chi connectivity index (χ1n) is 5.62. The van der Waals surface area contributed by atoms with Gasteiger partial charge in [0, 0.05) is 12.0 Å². The van der Waals surface area contributed by atoms with E-state index in [1.807, 2.05) is 20.8 Å². The Hall–Kier alpha value is -1.92. The molecule has 1 amide bonds. The summed E-state index contributed by atoms with van der Waals surface area (Å²) in [6.45, 7) is 6.09. The Morgan fingerprint density at radius 1 is 1.39 bits per heavy atom. The summed E-state index contributed by atoms with van der Waals surface area (Å²) < 4.78 is 4.46. The molecule has 0 aliphatic rings. The summed E-state index contributed by atoms with van der Waals surface area (Å²) in [5.74, 6) is -0.0725. The number of rotatable bonds is 4. The Morgan fingerprint density at radius 3 is 2.56 bits per heavy atom. The van der Waals surface area contributed by atoms with E-state index in [0.29, 0.717) is 5.82 Å². The maximum absolute atomic E-state index is 11.6. The molecule has 0 aromatic carbocycles. The molecule has 1 rings (SSSR count). The average Bonchev–Trinajstić information content (AvgIpc) is 2.77. The Bertz CT molecular complexity index is 434. The lowest BCUT2D eigenvalue weighted by molar-refractivity contribution is -0.140. The molecule has 100 valence electrons. The lowest BCUT2D eigenvalue weighted by atomic mass is 9.96. The van der Waals surface area contributed by atoms with Crippen LogP contribution < -0.4 is 5.32 Å². The fraction of sp³-hybridized carbons (Fsp3) is 0.636. The molecule has 0 radical (unpaired) electrons. The smallest absolute Gasteiger partial charge is 0.307 e. The number of ether oxygens (including phenoxy) is 1. The molecular weight excluding hydrogens is 236 g/mol. The van der Waals surface area contributed by atoms with Gasteiger partial charge in [0.05, 0.1) is 13.5 Å². The molecule has 1 aromatic rings. The van der Waals surface area contributed by atoms with Crippen molar-refractivity contribution in [3.05, 3.63) is 11.6 Å². The summed E-state index contributed by atoms with van der Waals surface area (Å²) in [6, 6.07) is 0. The lowest BCUT2D eigenvalue weighted by Gasteiger charge is -2.12. The lowest BCUT2D eigenvalue weighted by Crippen LogP contribution is -2.27. The third-order valence-corrected chi connectivity index (χ3v) is 2.24. The Labute approximate surface area is 105 Å². The first-order valence-corrected chi connectivity index (χ1v) is 5.62. The predicted molar refractivity (Wildman–Crippen MR) is 64.0 cm³/mol. The van der Waals surface area contributed by atoms with Gasteiger partial charge >= 0.3 is 5.97 Å². The summed E-state index contributed by atoms with van der Waals surface area (Å²) in [7, 11) is 1.30. The van der Waals surface area contributed by atoms with Crippen molar-refractivity contribution in [1.29, 1.82) is 0 Å². The number of aromatic nitrogens is 3. The molecule has 0 aliphatic heterocycles. The standard InChI is InChI=1S/C11H18N4O3/c1-11(2,3)10-13-8(14-15-10)9(17)12-6-5-7(16)18-4/h5-6H2,1-4H3,(H,12,17)(H,13,14,15). The maximum Gasteiger partial charge on any atom is 0.307 e. The van der Waals surface area contributed by atoms with Crippen LogP contribution in [-0.2, 0) is 14.9 Å². The molecule has 0 saturated carbocycles. The summed E-state index contributed by atoms with van der Waals surface area (Å²) in [5, 5.41) is 9.10. The minimum atomic E-state index is -0.411. The van der Waals surface area contributed by atoms with E-state index in [9.17, 15) is 9.59 Å². The van der Waals surface area contributed by atoms with E-state index in [-0.39, 0.29) is 30.2 Å². The molecule has 0 aliphatic carbocycles. The van der Waals surface area contributed by atoms with Crippen molar-refractivity contribution >= 4 is 11.9 Å². The summed E-state index contributed by atoms with van der Waals surface area (Å²) in [4.78, 5) is 26.6. The van der Waals surface area contributed by atoms with E-state index < -0.39 is 5.91 Å². The van der Waals surface area contributed by atoms with Gasteiger partial charge in [-0.1, -0.05) is 20.8 Å². The van der Waals surface area contributed by atoms with Crippen molar-refractivity contribution in [2.45, 2.75) is 32.6 Å². The number of hydrogen-bond acceptors (Lipinski definition) is 5. The van der Waals surface area contributed by atoms with Crippen LogP contribution in [-0.4, -0.2) is 40.7 Å². The zero-order valence-electron chi connectivity index (χ0n) is 11.0. The van der Waals surface area contributed by atoms with E-state index in [0.717, 1.165) is 0 Å². The van der Waals surface area contributed by atoms with Gasteiger partial charge in [0.2, 0.25) is 5.82 Å². The Kier molecular flexibility index (Phi) is 4.41. The molecule has 1 heterocycles. The van der Waals surface area contributed by atoms with Gasteiger partial charge in [-0.2, -0.15) is 0 Å². The number of methoxy groups -OCH3 is 1. The zero-order chi connectivity index (χ0) is 13.8. The van der Waals surface area contributed by atoms with Crippen LogP contribution in [0, 0.1) is 0 Å². The van der Waals surface area contributed by atoms with Crippen LogP contribution in [0.3, 0.4) is 0 Å². The normalized spacial score (nSPS) is 11.1. The molecule has 1 aromatic heterocycles. The summed E-state index contributed by atoms with van der Waals surface area (Å²) >= 11 is 0. The van der Waals surface area contributed by atoms with Gasteiger partial charge < -0.3 is 10.1 Å². The van der Waals surface area contributed by atoms with E-state index in [2.05, 4.69) is 25.2 Å². The van der Waals surface area contributed by atoms with Crippen LogP contribution in [0.2, 0.25) is 0 Å². The summed E-state index contributed by atoms with van der Waals surface area (Å²) in [5.41, 5.74) is -0.197. The van der Waals surface area contributed by atoms with E-state index >= 15 is 0 Å². The largest absolute Gasteiger partial charge is 0.469 e. The second-order valence-electron chi connectivity index (χ2n) is 4.84. The number of hydrogen-bond donors (Lipinski definition) is 2. The minimum absolute atomic E-state index is 0.0739. The molecule has 0 saturated heterocycles. The summed E-state index contributed by atoms with van der Waals surface area (Å²) in [6.07, 6.45) is 0.124. The number of carbonyl (C=O) groups is 2. The van der Waals surface area contributed by atoms with E-state index in [4.69, 9.17) is 0 Å². The highest BCUT2D eigenvalue weighted by atomic mass is 16.5. The van der Waals surface area contributed by atoms with Crippen LogP contribution in [0.25, 0.3) is 0 Å². The molecular formula is C11H18N4O3. The SMILES string of the molecule is COC(=O)CCNC(=O)c1n[nH]c(C(C)(C)C)n1. The van der Waals surface area contributed by atoms with Crippen molar-refractivity contribution in [3.63, 3.8) is 0 Å². The highest BCUT2D eigenvalue weighted by molar-refractivity contribution is 5.90. The molecule has 18 heavy (non-hydrogen) atoms. The fourth-order valence-electron chi connectivity index (χ4n) is 1.16.